The summed E-state index contributed by atoms with van der Waals surface area (Å²) in [5.41, 5.74) is -0.805. The molecule has 138 valence electrons. The molecule has 0 bridgehead atoms. The molecule has 3 rings (SSSR count). The minimum Gasteiger partial charge on any atom is -0.339 e. The standard InChI is InChI=1S/C18H12ClF3N4O/c19-11-6-7-14(13(8-11)18(20,21)22)26-17(27)15-9-24-16(10-23-15)25-12-4-2-1-3-5-12/h1-10H,(H,24,25)(H,26,27). The van der Waals surface area contributed by atoms with Gasteiger partial charge in [0.05, 0.1) is 23.6 Å². The van der Waals surface area contributed by atoms with E-state index in [1.165, 1.54) is 18.5 Å². The number of alkyl halides is 3. The lowest BCUT2D eigenvalue weighted by Gasteiger charge is -2.14. The van der Waals surface area contributed by atoms with Crippen molar-refractivity contribution >= 4 is 34.7 Å². The molecule has 2 aromatic carbocycles. The van der Waals surface area contributed by atoms with Gasteiger partial charge in [0, 0.05) is 10.7 Å². The second kappa shape index (κ2) is 7.63. The van der Waals surface area contributed by atoms with E-state index >= 15 is 0 Å². The Labute approximate surface area is 157 Å². The third-order valence-corrected chi connectivity index (χ3v) is 3.70. The molecule has 0 spiro atoms. The number of carbonyl (C=O) groups excluding carboxylic acids is 1. The maximum absolute atomic E-state index is 13.1. The van der Waals surface area contributed by atoms with Gasteiger partial charge in [-0.05, 0) is 30.3 Å². The van der Waals surface area contributed by atoms with Crippen molar-refractivity contribution in [3.05, 3.63) is 77.2 Å². The molecule has 27 heavy (non-hydrogen) atoms. The topological polar surface area (TPSA) is 66.9 Å². The van der Waals surface area contributed by atoms with Gasteiger partial charge in [-0.3, -0.25) is 4.79 Å². The van der Waals surface area contributed by atoms with Gasteiger partial charge in [-0.25, -0.2) is 9.97 Å². The van der Waals surface area contributed by atoms with Gasteiger partial charge >= 0.3 is 6.18 Å². The lowest BCUT2D eigenvalue weighted by atomic mass is 10.1. The first-order chi connectivity index (χ1) is 12.8. The molecule has 5 nitrogen and oxygen atoms in total. The first-order valence-electron chi connectivity index (χ1n) is 7.65. The van der Waals surface area contributed by atoms with Crippen molar-refractivity contribution < 1.29 is 18.0 Å². The van der Waals surface area contributed by atoms with Crippen LogP contribution in [0, 0.1) is 0 Å². The van der Waals surface area contributed by atoms with Crippen molar-refractivity contribution in [3.8, 4) is 0 Å². The molecule has 0 aliphatic carbocycles. The van der Waals surface area contributed by atoms with Crippen LogP contribution in [0.1, 0.15) is 16.1 Å². The van der Waals surface area contributed by atoms with Crippen molar-refractivity contribution in [3.63, 3.8) is 0 Å². The van der Waals surface area contributed by atoms with E-state index in [0.717, 1.165) is 17.8 Å². The quantitative estimate of drug-likeness (QED) is 0.644. The van der Waals surface area contributed by atoms with Crippen LogP contribution < -0.4 is 10.6 Å². The van der Waals surface area contributed by atoms with Gasteiger partial charge in [0.25, 0.3) is 5.91 Å². The van der Waals surface area contributed by atoms with Crippen molar-refractivity contribution in [2.75, 3.05) is 10.6 Å². The summed E-state index contributed by atoms with van der Waals surface area (Å²) in [6, 6.07) is 12.3. The smallest absolute Gasteiger partial charge is 0.339 e. The number of amides is 1. The van der Waals surface area contributed by atoms with Crippen molar-refractivity contribution in [2.45, 2.75) is 6.18 Å². The van der Waals surface area contributed by atoms with Crippen LogP contribution in [0.15, 0.2) is 60.9 Å². The zero-order valence-corrected chi connectivity index (χ0v) is 14.3. The number of carbonyl (C=O) groups is 1. The van der Waals surface area contributed by atoms with Crippen LogP contribution in [0.4, 0.5) is 30.4 Å². The molecule has 0 aliphatic heterocycles. The van der Waals surface area contributed by atoms with E-state index in [-0.39, 0.29) is 10.7 Å². The summed E-state index contributed by atoms with van der Waals surface area (Å²) < 4.78 is 39.3. The van der Waals surface area contributed by atoms with E-state index in [4.69, 9.17) is 11.6 Å². The van der Waals surface area contributed by atoms with E-state index in [1.807, 2.05) is 30.3 Å². The predicted molar refractivity (Wildman–Crippen MR) is 96.2 cm³/mol. The highest BCUT2D eigenvalue weighted by atomic mass is 35.5. The third kappa shape index (κ3) is 4.73. The van der Waals surface area contributed by atoms with E-state index in [9.17, 15) is 18.0 Å². The molecule has 0 saturated carbocycles. The summed E-state index contributed by atoms with van der Waals surface area (Å²) in [5.74, 6) is -0.429. The van der Waals surface area contributed by atoms with Crippen LogP contribution in [0.3, 0.4) is 0 Å². The molecule has 2 N–H and O–H groups in total. The summed E-state index contributed by atoms with van der Waals surface area (Å²) in [7, 11) is 0. The monoisotopic (exact) mass is 392 g/mol. The van der Waals surface area contributed by atoms with Crippen molar-refractivity contribution in [1.29, 1.82) is 0 Å². The SMILES string of the molecule is O=C(Nc1ccc(Cl)cc1C(F)(F)F)c1cnc(Nc2ccccc2)cn1. The number of anilines is 3. The molecule has 9 heteroatoms. The summed E-state index contributed by atoms with van der Waals surface area (Å²) in [6.07, 6.45) is -2.18. The van der Waals surface area contributed by atoms with E-state index < -0.39 is 23.3 Å². The minimum atomic E-state index is -4.66. The molecular weight excluding hydrogens is 381 g/mol. The molecule has 0 saturated heterocycles. The van der Waals surface area contributed by atoms with Crippen LogP contribution >= 0.6 is 11.6 Å². The number of halogens is 4. The van der Waals surface area contributed by atoms with Crippen molar-refractivity contribution in [2.24, 2.45) is 0 Å². The van der Waals surface area contributed by atoms with E-state index in [0.29, 0.717) is 5.82 Å². The average molecular weight is 393 g/mol. The Morgan fingerprint density at radius 1 is 1.00 bits per heavy atom. The zero-order valence-electron chi connectivity index (χ0n) is 13.6. The van der Waals surface area contributed by atoms with Crippen LogP contribution in [0.5, 0.6) is 0 Å². The molecular formula is C18H12ClF3N4O. The van der Waals surface area contributed by atoms with Crippen LogP contribution in [0.25, 0.3) is 0 Å². The Hall–Kier alpha value is -3.13. The lowest BCUT2D eigenvalue weighted by molar-refractivity contribution is -0.136. The summed E-state index contributed by atoms with van der Waals surface area (Å²) in [6.45, 7) is 0. The molecule has 1 heterocycles. The number of aromatic nitrogens is 2. The number of hydrogen-bond acceptors (Lipinski definition) is 4. The number of benzene rings is 2. The number of para-hydroxylation sites is 1. The van der Waals surface area contributed by atoms with Crippen LogP contribution in [-0.2, 0) is 6.18 Å². The van der Waals surface area contributed by atoms with E-state index in [1.54, 1.807) is 0 Å². The van der Waals surface area contributed by atoms with Gasteiger partial charge < -0.3 is 10.6 Å². The Balaban J connectivity index is 1.75. The molecule has 1 amide bonds. The predicted octanol–water partition coefficient (Wildman–Crippen LogP) is 5.14. The molecule has 0 aliphatic rings. The molecule has 1 aromatic heterocycles. The number of rotatable bonds is 4. The number of hydrogen-bond donors (Lipinski definition) is 2. The molecule has 0 radical (unpaired) electrons. The van der Waals surface area contributed by atoms with Gasteiger partial charge in [-0.15, -0.1) is 0 Å². The maximum Gasteiger partial charge on any atom is 0.418 e. The van der Waals surface area contributed by atoms with Gasteiger partial charge in [-0.2, -0.15) is 13.2 Å². The summed E-state index contributed by atoms with van der Waals surface area (Å²) >= 11 is 5.62. The Morgan fingerprint density at radius 2 is 1.74 bits per heavy atom. The zero-order chi connectivity index (χ0) is 19.4. The van der Waals surface area contributed by atoms with Crippen LogP contribution in [0.2, 0.25) is 5.02 Å². The highest BCUT2D eigenvalue weighted by molar-refractivity contribution is 6.30. The van der Waals surface area contributed by atoms with Crippen molar-refractivity contribution in [1.82, 2.24) is 9.97 Å². The third-order valence-electron chi connectivity index (χ3n) is 3.47. The highest BCUT2D eigenvalue weighted by Crippen LogP contribution is 2.36. The highest BCUT2D eigenvalue weighted by Gasteiger charge is 2.34. The Kier molecular flexibility index (Phi) is 5.27. The second-order valence-electron chi connectivity index (χ2n) is 5.42. The van der Waals surface area contributed by atoms with Gasteiger partial charge in [0.1, 0.15) is 11.5 Å². The fourth-order valence-electron chi connectivity index (χ4n) is 2.23. The second-order valence-corrected chi connectivity index (χ2v) is 5.86. The summed E-state index contributed by atoms with van der Waals surface area (Å²) in [5, 5.41) is 5.09. The molecule has 0 unspecified atom stereocenters. The summed E-state index contributed by atoms with van der Waals surface area (Å²) in [4.78, 5) is 20.2. The van der Waals surface area contributed by atoms with Gasteiger partial charge in [-0.1, -0.05) is 29.8 Å². The number of nitrogens with zero attached hydrogens (tertiary/aromatic N) is 2. The largest absolute Gasteiger partial charge is 0.418 e. The average Bonchev–Trinajstić information content (AvgIpc) is 2.64. The first kappa shape index (κ1) is 18.7. The minimum absolute atomic E-state index is 0.0866. The maximum atomic E-state index is 13.1. The first-order valence-corrected chi connectivity index (χ1v) is 8.03. The lowest BCUT2D eigenvalue weighted by Crippen LogP contribution is -2.18. The van der Waals surface area contributed by atoms with Gasteiger partial charge in [0.2, 0.25) is 0 Å². The van der Waals surface area contributed by atoms with Gasteiger partial charge in [0.15, 0.2) is 0 Å². The molecule has 0 atom stereocenters. The molecule has 0 fully saturated rings. The fourth-order valence-corrected chi connectivity index (χ4v) is 2.40. The Bertz CT molecular complexity index is 947. The fraction of sp³-hybridized carbons (Fsp3) is 0.0556. The van der Waals surface area contributed by atoms with E-state index in [2.05, 4.69) is 20.6 Å². The molecule has 3 aromatic rings. The van der Waals surface area contributed by atoms with Crippen LogP contribution in [-0.4, -0.2) is 15.9 Å². The Morgan fingerprint density at radius 3 is 2.37 bits per heavy atom. The number of nitrogens with one attached hydrogen (secondary N) is 2. The normalized spacial score (nSPS) is 11.1.